The number of fused-ring (bicyclic) bond motifs is 7. The van der Waals surface area contributed by atoms with Crippen LogP contribution in [0.2, 0.25) is 0 Å². The Kier molecular flexibility index (Phi) is 6.16. The van der Waals surface area contributed by atoms with Gasteiger partial charge in [0.25, 0.3) is 0 Å². The second-order valence-corrected chi connectivity index (χ2v) is 16.3. The fourth-order valence-corrected chi connectivity index (χ4v) is 11.1. The average molecular weight is 721 g/mol. The lowest BCUT2D eigenvalue weighted by atomic mass is 9.48. The van der Waals surface area contributed by atoms with Crippen molar-refractivity contribution in [3.05, 3.63) is 187 Å². The molecule has 266 valence electrons. The van der Waals surface area contributed by atoms with Crippen molar-refractivity contribution in [3.8, 4) is 28.5 Å². The highest BCUT2D eigenvalue weighted by atomic mass is 16.5. The molecule has 4 bridgehead atoms. The second-order valence-electron chi connectivity index (χ2n) is 16.3. The zero-order chi connectivity index (χ0) is 36.5. The Labute approximate surface area is 325 Å². The minimum absolute atomic E-state index is 0.0491. The smallest absolute Gasteiger partial charge is 0.164 e. The quantitative estimate of drug-likeness (QED) is 0.169. The molecule has 3 heterocycles. The summed E-state index contributed by atoms with van der Waals surface area (Å²) in [5.41, 5.74) is 8.01. The van der Waals surface area contributed by atoms with Crippen molar-refractivity contribution in [1.29, 1.82) is 0 Å². The van der Waals surface area contributed by atoms with Gasteiger partial charge in [0.1, 0.15) is 11.9 Å². The molecular weight excluding hydrogens is 685 g/mol. The third-order valence-electron chi connectivity index (χ3n) is 13.6. The first-order valence-corrected chi connectivity index (χ1v) is 19.9. The fraction of sp³-hybridized carbons (Fsp3) is 0.157. The van der Waals surface area contributed by atoms with E-state index < -0.39 is 0 Å². The molecule has 15 rings (SSSR count). The molecule has 0 N–H and O–H groups in total. The maximum atomic E-state index is 7.17. The monoisotopic (exact) mass is 720 g/mol. The second kappa shape index (κ2) is 11.2. The lowest BCUT2D eigenvalue weighted by Gasteiger charge is -2.58. The van der Waals surface area contributed by atoms with Gasteiger partial charge < -0.3 is 9.64 Å². The summed E-state index contributed by atoms with van der Waals surface area (Å²) in [6, 6.07) is 45.8. The number of hydrogen-bond acceptors (Lipinski definition) is 5. The predicted octanol–water partition coefficient (Wildman–Crippen LogP) is 11.2. The van der Waals surface area contributed by atoms with Gasteiger partial charge in [-0.3, -0.25) is 0 Å². The van der Waals surface area contributed by atoms with Crippen LogP contribution >= 0.6 is 0 Å². The Morgan fingerprint density at radius 1 is 0.643 bits per heavy atom. The van der Waals surface area contributed by atoms with Gasteiger partial charge >= 0.3 is 0 Å². The SMILES string of the molecule is C1=CC2c3cccc(N4c5c(ccc6ccccc56)[C@]56C=CC7CC5C=CC7C46)c3OC2C=C1c1nc(-c2ccccc2)nc(-c2ccc3ccccc3c2)n1. The highest BCUT2D eigenvalue weighted by Gasteiger charge is 2.64. The minimum Gasteiger partial charge on any atom is -0.483 e. The summed E-state index contributed by atoms with van der Waals surface area (Å²) in [5.74, 6) is 4.53. The number of anilines is 2. The summed E-state index contributed by atoms with van der Waals surface area (Å²) in [6.45, 7) is 0. The van der Waals surface area contributed by atoms with Crippen molar-refractivity contribution in [3.63, 3.8) is 0 Å². The summed E-state index contributed by atoms with van der Waals surface area (Å²) in [4.78, 5) is 17.9. The molecule has 0 radical (unpaired) electrons. The van der Waals surface area contributed by atoms with E-state index in [1.807, 2.05) is 18.2 Å². The van der Waals surface area contributed by atoms with Crippen molar-refractivity contribution < 1.29 is 4.74 Å². The molecule has 5 nitrogen and oxygen atoms in total. The number of ether oxygens (including phenoxy) is 1. The van der Waals surface area contributed by atoms with E-state index in [-0.39, 0.29) is 17.4 Å². The van der Waals surface area contributed by atoms with E-state index in [9.17, 15) is 0 Å². The molecule has 6 aromatic carbocycles. The number of nitrogens with zero attached hydrogens (tertiary/aromatic N) is 4. The topological polar surface area (TPSA) is 51.1 Å². The van der Waals surface area contributed by atoms with Crippen molar-refractivity contribution >= 4 is 38.5 Å². The Balaban J connectivity index is 0.929. The lowest BCUT2D eigenvalue weighted by molar-refractivity contribution is 0.131. The maximum Gasteiger partial charge on any atom is 0.164 e. The van der Waals surface area contributed by atoms with Crippen LogP contribution in [0.3, 0.4) is 0 Å². The molecule has 1 fully saturated rings. The van der Waals surface area contributed by atoms with Gasteiger partial charge in [-0.2, -0.15) is 0 Å². The summed E-state index contributed by atoms with van der Waals surface area (Å²) >= 11 is 0. The van der Waals surface area contributed by atoms with Crippen molar-refractivity contribution in [1.82, 2.24) is 15.0 Å². The number of aromatic nitrogens is 3. The van der Waals surface area contributed by atoms with E-state index in [1.54, 1.807) is 0 Å². The molecule has 0 amide bonds. The van der Waals surface area contributed by atoms with E-state index in [1.165, 1.54) is 45.1 Å². The molecule has 6 aliphatic carbocycles. The van der Waals surface area contributed by atoms with Crippen LogP contribution < -0.4 is 9.64 Å². The van der Waals surface area contributed by atoms with Crippen LogP contribution in [0, 0.1) is 17.8 Å². The van der Waals surface area contributed by atoms with Crippen molar-refractivity contribution in [2.75, 3.05) is 4.90 Å². The molecule has 1 spiro atoms. The number of para-hydroxylation sites is 1. The summed E-state index contributed by atoms with van der Waals surface area (Å²) < 4.78 is 7.17. The third kappa shape index (κ3) is 4.12. The van der Waals surface area contributed by atoms with Crippen LogP contribution in [-0.4, -0.2) is 27.1 Å². The van der Waals surface area contributed by atoms with Gasteiger partial charge in [-0.05, 0) is 58.2 Å². The van der Waals surface area contributed by atoms with Gasteiger partial charge in [0.15, 0.2) is 17.5 Å². The van der Waals surface area contributed by atoms with E-state index in [0.717, 1.165) is 27.8 Å². The minimum atomic E-state index is -0.185. The molecular formula is C51H36N4O. The number of rotatable bonds is 4. The van der Waals surface area contributed by atoms with Gasteiger partial charge in [0.05, 0.1) is 17.4 Å². The zero-order valence-electron chi connectivity index (χ0n) is 30.5. The molecule has 7 atom stereocenters. The lowest BCUT2D eigenvalue weighted by Crippen LogP contribution is -2.60. The van der Waals surface area contributed by atoms with Gasteiger partial charge in [-0.25, -0.2) is 15.0 Å². The summed E-state index contributed by atoms with van der Waals surface area (Å²) in [5, 5.41) is 4.93. The molecule has 56 heavy (non-hydrogen) atoms. The van der Waals surface area contributed by atoms with Crippen LogP contribution in [0.25, 0.3) is 49.9 Å². The number of allylic oxidation sites excluding steroid dienone is 4. The Morgan fingerprint density at radius 3 is 2.34 bits per heavy atom. The highest BCUT2D eigenvalue weighted by Crippen LogP contribution is 2.68. The largest absolute Gasteiger partial charge is 0.483 e. The number of hydrogen-bond donors (Lipinski definition) is 0. The van der Waals surface area contributed by atoms with E-state index in [0.29, 0.717) is 41.3 Å². The molecule has 1 aromatic heterocycles. The molecule has 6 unspecified atom stereocenters. The summed E-state index contributed by atoms with van der Waals surface area (Å²) in [6.07, 6.45) is 17.9. The Hall–Kier alpha value is -6.59. The van der Waals surface area contributed by atoms with Gasteiger partial charge in [-0.15, -0.1) is 0 Å². The van der Waals surface area contributed by atoms with Crippen molar-refractivity contribution in [2.45, 2.75) is 29.9 Å². The maximum absolute atomic E-state index is 7.17. The first kappa shape index (κ1) is 30.7. The normalized spacial score (nSPS) is 26.9. The van der Waals surface area contributed by atoms with Crippen LogP contribution in [0.15, 0.2) is 170 Å². The zero-order valence-corrected chi connectivity index (χ0v) is 30.5. The first-order valence-electron chi connectivity index (χ1n) is 19.9. The molecule has 2 aliphatic heterocycles. The Morgan fingerprint density at radius 2 is 1.43 bits per heavy atom. The van der Waals surface area contributed by atoms with Crippen LogP contribution in [0.5, 0.6) is 5.75 Å². The number of benzene rings is 6. The van der Waals surface area contributed by atoms with Crippen LogP contribution in [0.1, 0.15) is 29.3 Å². The molecule has 1 saturated carbocycles. The summed E-state index contributed by atoms with van der Waals surface area (Å²) in [7, 11) is 0. The van der Waals surface area contributed by atoms with E-state index in [2.05, 4.69) is 157 Å². The van der Waals surface area contributed by atoms with E-state index >= 15 is 0 Å². The molecule has 8 aliphatic rings. The van der Waals surface area contributed by atoms with Gasteiger partial charge in [0, 0.05) is 44.9 Å². The van der Waals surface area contributed by atoms with E-state index in [4.69, 9.17) is 19.7 Å². The third-order valence-corrected chi connectivity index (χ3v) is 13.6. The Bertz CT molecular complexity index is 2940. The van der Waals surface area contributed by atoms with Crippen LogP contribution in [0.4, 0.5) is 11.4 Å². The highest BCUT2D eigenvalue weighted by molar-refractivity contribution is 6.02. The predicted molar refractivity (Wildman–Crippen MR) is 224 cm³/mol. The fourth-order valence-electron chi connectivity index (χ4n) is 11.1. The molecule has 0 saturated heterocycles. The van der Waals surface area contributed by atoms with Crippen LogP contribution in [-0.2, 0) is 5.41 Å². The van der Waals surface area contributed by atoms with Gasteiger partial charge in [-0.1, -0.05) is 152 Å². The molecule has 5 heteroatoms. The average Bonchev–Trinajstić information content (AvgIpc) is 3.81. The first-order chi connectivity index (χ1) is 27.7. The molecule has 7 aromatic rings. The van der Waals surface area contributed by atoms with Gasteiger partial charge in [0.2, 0.25) is 0 Å². The van der Waals surface area contributed by atoms with Crippen molar-refractivity contribution in [2.24, 2.45) is 17.8 Å². The standard InChI is InChI=1S/C51H36N4O/c1-2-11-32(12-3-1)48-52-49(35-18-17-30-9-4-5-13-33(30)27-35)54-50(53-48)36-19-22-40-41-15-8-16-43(46(41)56-44(40)29-36)55-45-38-14-7-6-10-31(38)20-24-42(45)51-26-25-34-28-37(51)21-23-39(34)47(51)55/h1-27,29,34,37,39-40,44,47H,28H2/t34?,37?,39?,40?,44?,47?,51-/m0/s1.